The van der Waals surface area contributed by atoms with Gasteiger partial charge < -0.3 is 9.53 Å². The van der Waals surface area contributed by atoms with Crippen LogP contribution in [0.2, 0.25) is 5.04 Å². The molecule has 2 saturated carbocycles. The Labute approximate surface area is 275 Å². The van der Waals surface area contributed by atoms with Crippen LogP contribution in [0.4, 0.5) is 0 Å². The molecule has 2 aromatic rings. The molecule has 4 rings (SSSR count). The summed E-state index contributed by atoms with van der Waals surface area (Å²) in [7, 11) is -2.64. The Morgan fingerprint density at radius 2 is 1.56 bits per heavy atom. The molecule has 0 aromatic heterocycles. The fourth-order valence-corrected chi connectivity index (χ4v) is 13.9. The quantitative estimate of drug-likeness (QED) is 0.106. The molecule has 2 aliphatic rings. The molecule has 0 radical (unpaired) electrons. The second kappa shape index (κ2) is 14.0. The molecule has 0 bridgehead atoms. The van der Waals surface area contributed by atoms with E-state index in [-0.39, 0.29) is 27.7 Å². The van der Waals surface area contributed by atoms with E-state index in [2.05, 4.69) is 129 Å². The molecule has 0 saturated heterocycles. The Bertz CT molecular complexity index is 1240. The highest BCUT2D eigenvalue weighted by Gasteiger charge is 2.61. The van der Waals surface area contributed by atoms with Gasteiger partial charge in [-0.15, -0.1) is 0 Å². The van der Waals surface area contributed by atoms with Crippen molar-refractivity contribution < 1.29 is 19.7 Å². The zero-order valence-corrected chi connectivity index (χ0v) is 30.3. The van der Waals surface area contributed by atoms with E-state index in [0.29, 0.717) is 25.4 Å². The number of hydrogen-bond donors (Lipinski definition) is 2. The van der Waals surface area contributed by atoms with Gasteiger partial charge in [0.25, 0.3) is 8.32 Å². The zero-order valence-electron chi connectivity index (χ0n) is 29.3. The van der Waals surface area contributed by atoms with Gasteiger partial charge in [-0.05, 0) is 88.1 Å². The highest BCUT2D eigenvalue weighted by molar-refractivity contribution is 6.99. The van der Waals surface area contributed by atoms with E-state index in [1.807, 2.05) is 6.08 Å². The molecule has 0 heterocycles. The normalized spacial score (nSPS) is 28.4. The summed E-state index contributed by atoms with van der Waals surface area (Å²) in [6.07, 6.45) is 10.3. The second-order valence-corrected chi connectivity index (χ2v) is 20.5. The van der Waals surface area contributed by atoms with Gasteiger partial charge in [0.15, 0.2) is 0 Å². The average molecular weight is 633 g/mol. The van der Waals surface area contributed by atoms with E-state index in [9.17, 15) is 10.4 Å². The molecule has 0 aliphatic heterocycles. The van der Waals surface area contributed by atoms with Gasteiger partial charge in [-0.25, -0.2) is 4.89 Å². The van der Waals surface area contributed by atoms with Crippen molar-refractivity contribution in [1.82, 2.24) is 0 Å². The van der Waals surface area contributed by atoms with E-state index in [4.69, 9.17) is 9.31 Å². The average Bonchev–Trinajstić information content (AvgIpc) is 2.99. The molecule has 2 aliphatic carbocycles. The van der Waals surface area contributed by atoms with Crippen molar-refractivity contribution in [2.24, 2.45) is 28.6 Å². The molecule has 2 N–H and O–H groups in total. The monoisotopic (exact) mass is 632 g/mol. The summed E-state index contributed by atoms with van der Waals surface area (Å²) in [5, 5.41) is 24.7. The minimum absolute atomic E-state index is 0.0868. The fraction of sp³-hybridized carbons (Fsp3) is 0.600. The van der Waals surface area contributed by atoms with Crippen molar-refractivity contribution >= 4 is 18.7 Å². The van der Waals surface area contributed by atoms with Crippen LogP contribution >= 0.6 is 0 Å². The van der Waals surface area contributed by atoms with Gasteiger partial charge >= 0.3 is 0 Å². The molecular weight excluding hydrogens is 573 g/mol. The van der Waals surface area contributed by atoms with Crippen molar-refractivity contribution in [2.75, 3.05) is 6.61 Å². The van der Waals surface area contributed by atoms with Crippen LogP contribution in [-0.2, 0) is 9.31 Å². The highest BCUT2D eigenvalue weighted by atomic mass is 28.4. The van der Waals surface area contributed by atoms with Crippen LogP contribution in [0, 0.1) is 28.6 Å². The van der Waals surface area contributed by atoms with Crippen LogP contribution < -0.4 is 10.4 Å². The molecule has 0 amide bonds. The van der Waals surface area contributed by atoms with Crippen molar-refractivity contribution in [3.05, 3.63) is 85.0 Å². The van der Waals surface area contributed by atoms with Gasteiger partial charge in [0.2, 0.25) is 0 Å². The van der Waals surface area contributed by atoms with Gasteiger partial charge in [-0.3, -0.25) is 5.26 Å². The van der Waals surface area contributed by atoms with Crippen LogP contribution in [0.5, 0.6) is 0 Å². The van der Waals surface area contributed by atoms with E-state index in [0.717, 1.165) is 24.8 Å². The number of benzene rings is 2. The minimum atomic E-state index is -2.64. The zero-order chi connectivity index (χ0) is 33.1. The third-order valence-electron chi connectivity index (χ3n) is 11.9. The first kappa shape index (κ1) is 35.8. The Hall–Kier alpha value is -2.02. The molecule has 1 unspecified atom stereocenters. The lowest BCUT2D eigenvalue weighted by atomic mass is 9.44. The molecule has 0 spiro atoms. The highest BCUT2D eigenvalue weighted by Crippen LogP contribution is 2.63. The first-order chi connectivity index (χ1) is 21.1. The summed E-state index contributed by atoms with van der Waals surface area (Å²) in [6.45, 7) is 23.2. The van der Waals surface area contributed by atoms with Crippen molar-refractivity contribution in [1.29, 1.82) is 0 Å². The van der Waals surface area contributed by atoms with Gasteiger partial charge in [-0.1, -0.05) is 141 Å². The molecule has 248 valence electrons. The molecule has 6 atom stereocenters. The Morgan fingerprint density at radius 3 is 2.09 bits per heavy atom. The van der Waals surface area contributed by atoms with Crippen LogP contribution in [0.3, 0.4) is 0 Å². The first-order valence-electron chi connectivity index (χ1n) is 17.3. The lowest BCUT2D eigenvalue weighted by Gasteiger charge is -2.63. The maximum absolute atomic E-state index is 12.4. The molecule has 4 nitrogen and oxygen atoms in total. The molecule has 45 heavy (non-hydrogen) atoms. The largest absolute Gasteiger partial charge is 0.407 e. The smallest absolute Gasteiger partial charge is 0.261 e. The summed E-state index contributed by atoms with van der Waals surface area (Å²) in [5.74, 6) is 0.821. The predicted molar refractivity (Wildman–Crippen MR) is 190 cm³/mol. The van der Waals surface area contributed by atoms with E-state index < -0.39 is 20.0 Å². The summed E-state index contributed by atoms with van der Waals surface area (Å²) < 4.78 is 7.11. The lowest BCUT2D eigenvalue weighted by Crippen LogP contribution is -2.66. The molecule has 2 aromatic carbocycles. The van der Waals surface area contributed by atoms with Crippen molar-refractivity contribution in [3.63, 3.8) is 0 Å². The molecular formula is C40H60O4Si. The van der Waals surface area contributed by atoms with Gasteiger partial charge in [0, 0.05) is 6.61 Å². The van der Waals surface area contributed by atoms with Crippen LogP contribution in [-0.4, -0.2) is 37.0 Å². The second-order valence-electron chi connectivity index (χ2n) is 16.2. The summed E-state index contributed by atoms with van der Waals surface area (Å²) in [4.78, 5) is 4.97. The SMILES string of the molecule is C=C(CC[C@@]1(O)[C@H](C)CC[C@H]2C(C)(C)CCC[C@@]21C)C(/C=C/[C@@H](C)CO[Si](c1ccccc1)(c1ccccc1)C(C)(C)C)OO. The maximum atomic E-state index is 12.4. The molecule has 5 heteroatoms. The predicted octanol–water partition coefficient (Wildman–Crippen LogP) is 8.94. The number of rotatable bonds is 12. The Kier molecular flexibility index (Phi) is 11.1. The molecule has 2 fully saturated rings. The van der Waals surface area contributed by atoms with Crippen LogP contribution in [0.25, 0.3) is 0 Å². The first-order valence-corrected chi connectivity index (χ1v) is 19.2. The lowest BCUT2D eigenvalue weighted by molar-refractivity contribution is -0.257. The Balaban J connectivity index is 1.47. The fourth-order valence-electron chi connectivity index (χ4n) is 9.20. The van der Waals surface area contributed by atoms with Crippen molar-refractivity contribution in [2.45, 2.75) is 117 Å². The summed E-state index contributed by atoms with van der Waals surface area (Å²) in [5.41, 5.74) is 0.141. The number of fused-ring (bicyclic) bond motifs is 1. The van der Waals surface area contributed by atoms with Crippen LogP contribution in [0.1, 0.15) is 100 Å². The summed E-state index contributed by atoms with van der Waals surface area (Å²) in [6, 6.07) is 21.4. The summed E-state index contributed by atoms with van der Waals surface area (Å²) >= 11 is 0. The maximum Gasteiger partial charge on any atom is 0.261 e. The standard InChI is InChI=1S/C40H60O4Si/c1-30(29-43-45(37(4,5)6,33-17-12-10-13-18-33)34-19-14-11-15-20-34)21-23-35(44-42)31(2)25-28-40(41)32(3)22-24-36-38(7,8)26-16-27-39(36,40)9/h10-15,17-21,23,30,32,35-36,41-42H,2,16,22,24-29H2,1,3-9H3/b23-21+/t30-,32-,35?,36+,39+,40-/m1/s1. The van der Waals surface area contributed by atoms with Crippen molar-refractivity contribution in [3.8, 4) is 0 Å². The Morgan fingerprint density at radius 1 is 0.978 bits per heavy atom. The van der Waals surface area contributed by atoms with Gasteiger partial charge in [-0.2, -0.15) is 0 Å². The van der Waals surface area contributed by atoms with Gasteiger partial charge in [0.1, 0.15) is 6.10 Å². The minimum Gasteiger partial charge on any atom is -0.407 e. The van der Waals surface area contributed by atoms with E-state index in [1.54, 1.807) is 0 Å². The number of hydrogen-bond acceptors (Lipinski definition) is 4. The number of aliphatic hydroxyl groups is 1. The topological polar surface area (TPSA) is 58.9 Å². The van der Waals surface area contributed by atoms with Gasteiger partial charge in [0.05, 0.1) is 5.60 Å². The van der Waals surface area contributed by atoms with E-state index in [1.165, 1.54) is 23.2 Å². The third kappa shape index (κ3) is 6.99. The third-order valence-corrected chi connectivity index (χ3v) is 16.9. The van der Waals surface area contributed by atoms with Crippen LogP contribution in [0.15, 0.2) is 85.0 Å². The van der Waals surface area contributed by atoms with E-state index >= 15 is 0 Å².